The second-order valence-corrected chi connectivity index (χ2v) is 8.61. The highest BCUT2D eigenvalue weighted by atomic mass is 16.5. The molecule has 6 heteroatoms. The summed E-state index contributed by atoms with van der Waals surface area (Å²) in [6.07, 6.45) is 3.76. The Morgan fingerprint density at radius 3 is 2.17 bits per heavy atom. The molecule has 0 spiro atoms. The summed E-state index contributed by atoms with van der Waals surface area (Å²) >= 11 is 0. The predicted octanol–water partition coefficient (Wildman–Crippen LogP) is 4.47. The van der Waals surface area contributed by atoms with E-state index in [4.69, 9.17) is 4.74 Å². The Morgan fingerprint density at radius 2 is 1.79 bits per heavy atom. The summed E-state index contributed by atoms with van der Waals surface area (Å²) in [6.45, 7) is 20.0. The molecule has 0 bridgehead atoms. The van der Waals surface area contributed by atoms with Gasteiger partial charge in [-0.1, -0.05) is 48.5 Å². The average Bonchev–Trinajstić information content (AvgIpc) is 2.98. The lowest BCUT2D eigenvalue weighted by atomic mass is 9.95. The molecule has 1 fully saturated rings. The molecule has 2 N–H and O–H groups in total. The number of nitrogens with one attached hydrogen (secondary N) is 2. The van der Waals surface area contributed by atoms with Crippen LogP contribution in [0.25, 0.3) is 0 Å². The number of carbonyl (C=O) groups excluding carboxylic acids is 3. The molecule has 1 rings (SSSR count). The van der Waals surface area contributed by atoms with Gasteiger partial charge in [0.25, 0.3) is 0 Å². The van der Waals surface area contributed by atoms with Gasteiger partial charge in [0.05, 0.1) is 5.60 Å². The van der Waals surface area contributed by atoms with Crippen LogP contribution in [0, 0.1) is 17.8 Å². The Labute approximate surface area is 178 Å². The molecule has 172 valence electrons. The molecule has 1 heterocycles. The van der Waals surface area contributed by atoms with Crippen molar-refractivity contribution in [3.63, 3.8) is 0 Å². The first-order valence-corrected chi connectivity index (χ1v) is 11.2. The molecule has 0 aromatic rings. The van der Waals surface area contributed by atoms with Crippen molar-refractivity contribution < 1.29 is 19.1 Å². The Kier molecular flexibility index (Phi) is 16.8. The van der Waals surface area contributed by atoms with Crippen LogP contribution in [0.4, 0.5) is 0 Å². The fourth-order valence-corrected chi connectivity index (χ4v) is 2.52. The lowest BCUT2D eigenvalue weighted by molar-refractivity contribution is -0.126. The summed E-state index contributed by atoms with van der Waals surface area (Å²) in [5, 5.41) is 5.16. The maximum Gasteiger partial charge on any atom is 0.230 e. The van der Waals surface area contributed by atoms with Crippen molar-refractivity contribution in [3.05, 3.63) is 0 Å². The maximum atomic E-state index is 11.5. The van der Waals surface area contributed by atoms with Gasteiger partial charge in [-0.25, -0.2) is 0 Å². The van der Waals surface area contributed by atoms with Gasteiger partial charge in [0.2, 0.25) is 17.7 Å². The molecule has 0 aliphatic carbocycles. The SMILES string of the molecule is CC.CC(C)C1CC(=O)NC1=O.CCCNC(=O)CCC(C)(C)OCCC(C)C. The molecule has 0 saturated carbocycles. The molecule has 0 aromatic heterocycles. The minimum Gasteiger partial charge on any atom is -0.376 e. The van der Waals surface area contributed by atoms with Crippen LogP contribution < -0.4 is 10.6 Å². The Bertz CT molecular complexity index is 473. The summed E-state index contributed by atoms with van der Waals surface area (Å²) < 4.78 is 5.82. The first-order chi connectivity index (χ1) is 13.5. The lowest BCUT2D eigenvalue weighted by Crippen LogP contribution is -2.30. The largest absolute Gasteiger partial charge is 0.376 e. The minimum atomic E-state index is -0.196. The molecule has 3 amide bonds. The van der Waals surface area contributed by atoms with E-state index in [2.05, 4.69) is 45.3 Å². The minimum absolute atomic E-state index is 0.0903. The number of imide groups is 1. The average molecular weight is 415 g/mol. The van der Waals surface area contributed by atoms with Crippen molar-refractivity contribution in [2.45, 2.75) is 100 Å². The first kappa shape index (κ1) is 29.8. The lowest BCUT2D eigenvalue weighted by Gasteiger charge is -2.25. The predicted molar refractivity (Wildman–Crippen MR) is 119 cm³/mol. The number of hydrogen-bond acceptors (Lipinski definition) is 4. The van der Waals surface area contributed by atoms with Crippen LogP contribution in [0.3, 0.4) is 0 Å². The quantitative estimate of drug-likeness (QED) is 0.517. The Hall–Kier alpha value is -1.43. The number of ether oxygens (including phenoxy) is 1. The van der Waals surface area contributed by atoms with E-state index < -0.39 is 0 Å². The third-order valence-electron chi connectivity index (χ3n) is 4.52. The van der Waals surface area contributed by atoms with Crippen LogP contribution in [0.15, 0.2) is 0 Å². The van der Waals surface area contributed by atoms with Gasteiger partial charge < -0.3 is 10.1 Å². The van der Waals surface area contributed by atoms with E-state index in [1.54, 1.807) is 0 Å². The Balaban J connectivity index is 0. The normalized spacial score (nSPS) is 16.0. The van der Waals surface area contributed by atoms with Crippen LogP contribution in [-0.4, -0.2) is 36.5 Å². The first-order valence-electron chi connectivity index (χ1n) is 11.2. The topological polar surface area (TPSA) is 84.5 Å². The van der Waals surface area contributed by atoms with Crippen molar-refractivity contribution in [1.29, 1.82) is 0 Å². The summed E-state index contributed by atoms with van der Waals surface area (Å²) in [6, 6.07) is 0. The smallest absolute Gasteiger partial charge is 0.230 e. The monoisotopic (exact) mass is 414 g/mol. The van der Waals surface area contributed by atoms with E-state index in [-0.39, 0.29) is 35.2 Å². The van der Waals surface area contributed by atoms with Gasteiger partial charge in [-0.05, 0) is 44.9 Å². The third kappa shape index (κ3) is 16.1. The molecule has 0 aromatic carbocycles. The number of rotatable bonds is 10. The standard InChI is InChI=1S/C14H29NO2.C7H11NO2.C2H6/c1-6-10-15-13(16)7-9-14(4,5)17-11-8-12(2)3;1-4(2)5-3-6(9)8-7(5)10;1-2/h12H,6-11H2,1-5H3,(H,15,16);4-5H,3H2,1-2H3,(H,8,9,10);1-2H3. The van der Waals surface area contributed by atoms with Gasteiger partial charge >= 0.3 is 0 Å². The molecular weight excluding hydrogens is 368 g/mol. The number of hydrogen-bond donors (Lipinski definition) is 2. The van der Waals surface area contributed by atoms with E-state index in [1.807, 2.05) is 27.7 Å². The van der Waals surface area contributed by atoms with Gasteiger partial charge in [-0.2, -0.15) is 0 Å². The van der Waals surface area contributed by atoms with Gasteiger partial charge in [0.1, 0.15) is 0 Å². The number of amides is 3. The van der Waals surface area contributed by atoms with Crippen molar-refractivity contribution in [3.8, 4) is 0 Å². The van der Waals surface area contributed by atoms with Gasteiger partial charge in [-0.3, -0.25) is 19.7 Å². The molecular formula is C23H46N2O4. The summed E-state index contributed by atoms with van der Waals surface area (Å²) in [4.78, 5) is 33.0. The van der Waals surface area contributed by atoms with Gasteiger partial charge in [0, 0.05) is 31.9 Å². The van der Waals surface area contributed by atoms with Crippen LogP contribution >= 0.6 is 0 Å². The summed E-state index contributed by atoms with van der Waals surface area (Å²) in [5.41, 5.74) is -0.196. The van der Waals surface area contributed by atoms with Crippen molar-refractivity contribution in [2.75, 3.05) is 13.2 Å². The molecule has 1 saturated heterocycles. The van der Waals surface area contributed by atoms with Gasteiger partial charge in [0.15, 0.2) is 0 Å². The van der Waals surface area contributed by atoms with E-state index in [9.17, 15) is 14.4 Å². The van der Waals surface area contributed by atoms with E-state index >= 15 is 0 Å². The molecule has 0 radical (unpaired) electrons. The van der Waals surface area contributed by atoms with Crippen LogP contribution in [0.5, 0.6) is 0 Å². The third-order valence-corrected chi connectivity index (χ3v) is 4.52. The second kappa shape index (κ2) is 16.4. The van der Waals surface area contributed by atoms with Crippen molar-refractivity contribution >= 4 is 17.7 Å². The van der Waals surface area contributed by atoms with Gasteiger partial charge in [-0.15, -0.1) is 0 Å². The highest BCUT2D eigenvalue weighted by Crippen LogP contribution is 2.19. The zero-order valence-corrected chi connectivity index (χ0v) is 20.3. The molecule has 1 unspecified atom stereocenters. The summed E-state index contributed by atoms with van der Waals surface area (Å²) in [5.74, 6) is 0.730. The van der Waals surface area contributed by atoms with E-state index in [0.717, 1.165) is 32.4 Å². The van der Waals surface area contributed by atoms with Crippen LogP contribution in [-0.2, 0) is 19.1 Å². The molecule has 1 aliphatic rings. The molecule has 1 aliphatic heterocycles. The fraction of sp³-hybridized carbons (Fsp3) is 0.870. The van der Waals surface area contributed by atoms with Crippen LogP contribution in [0.1, 0.15) is 94.4 Å². The fourth-order valence-electron chi connectivity index (χ4n) is 2.52. The summed E-state index contributed by atoms with van der Waals surface area (Å²) in [7, 11) is 0. The molecule has 1 atom stereocenters. The second-order valence-electron chi connectivity index (χ2n) is 8.61. The van der Waals surface area contributed by atoms with E-state index in [1.165, 1.54) is 0 Å². The molecule has 6 nitrogen and oxygen atoms in total. The molecule has 29 heavy (non-hydrogen) atoms. The maximum absolute atomic E-state index is 11.5. The highest BCUT2D eigenvalue weighted by molar-refractivity contribution is 6.03. The number of carbonyl (C=O) groups is 3. The van der Waals surface area contributed by atoms with Crippen LogP contribution in [0.2, 0.25) is 0 Å². The van der Waals surface area contributed by atoms with E-state index in [0.29, 0.717) is 18.8 Å². The highest BCUT2D eigenvalue weighted by Gasteiger charge is 2.32. The Morgan fingerprint density at radius 1 is 1.21 bits per heavy atom. The van der Waals surface area contributed by atoms with Crippen molar-refractivity contribution in [1.82, 2.24) is 10.6 Å². The zero-order valence-electron chi connectivity index (χ0n) is 20.3. The zero-order chi connectivity index (χ0) is 23.0. The van der Waals surface area contributed by atoms with Crippen molar-refractivity contribution in [2.24, 2.45) is 17.8 Å².